The quantitative estimate of drug-likeness (QED) is 0.648. The monoisotopic (exact) mass is 397 g/mol. The van der Waals surface area contributed by atoms with E-state index in [-0.39, 0.29) is 0 Å². The lowest BCUT2D eigenvalue weighted by Crippen LogP contribution is -2.14. The molecule has 0 amide bonds. The molecule has 2 nitrogen and oxygen atoms in total. The van der Waals surface area contributed by atoms with Crippen molar-refractivity contribution in [3.63, 3.8) is 0 Å². The van der Waals surface area contributed by atoms with Gasteiger partial charge in [0.2, 0.25) is 0 Å². The van der Waals surface area contributed by atoms with Crippen LogP contribution in [0.4, 0.5) is 0 Å². The molecule has 106 valence electrons. The molecule has 0 saturated heterocycles. The normalized spacial score (nSPS) is 10.6. The van der Waals surface area contributed by atoms with Crippen molar-refractivity contribution >= 4 is 31.9 Å². The molecule has 0 saturated carbocycles. The van der Waals surface area contributed by atoms with Gasteiger partial charge in [-0.05, 0) is 55.4 Å². The number of hydrogen-bond acceptors (Lipinski definition) is 2. The molecule has 0 spiro atoms. The summed E-state index contributed by atoms with van der Waals surface area (Å²) in [6.07, 6.45) is 1.12. The summed E-state index contributed by atoms with van der Waals surface area (Å²) in [5, 5.41) is 3.41. The Bertz CT molecular complexity index is 555. The van der Waals surface area contributed by atoms with Gasteiger partial charge in [-0.1, -0.05) is 38.8 Å². The fourth-order valence-electron chi connectivity index (χ4n) is 1.82. The van der Waals surface area contributed by atoms with Crippen LogP contribution in [0.1, 0.15) is 18.9 Å². The zero-order valence-electron chi connectivity index (χ0n) is 11.3. The molecule has 0 radical (unpaired) electrons. The highest BCUT2D eigenvalue weighted by Crippen LogP contribution is 2.28. The van der Waals surface area contributed by atoms with E-state index in [9.17, 15) is 0 Å². The van der Waals surface area contributed by atoms with Gasteiger partial charge in [0.25, 0.3) is 0 Å². The molecule has 1 N–H and O–H groups in total. The Morgan fingerprint density at radius 1 is 1.00 bits per heavy atom. The Balaban J connectivity index is 2.15. The number of halogens is 2. The molecule has 0 atom stereocenters. The summed E-state index contributed by atoms with van der Waals surface area (Å²) < 4.78 is 8.08. The minimum absolute atomic E-state index is 0.805. The molecule has 2 aromatic rings. The van der Waals surface area contributed by atoms with E-state index in [1.807, 2.05) is 36.4 Å². The van der Waals surface area contributed by atoms with Crippen molar-refractivity contribution in [3.05, 3.63) is 57.0 Å². The first-order chi connectivity index (χ1) is 9.69. The minimum atomic E-state index is 0.805. The number of benzene rings is 2. The lowest BCUT2D eigenvalue weighted by molar-refractivity contribution is 0.472. The Morgan fingerprint density at radius 2 is 1.70 bits per heavy atom. The van der Waals surface area contributed by atoms with Gasteiger partial charge in [0, 0.05) is 21.1 Å². The van der Waals surface area contributed by atoms with Crippen molar-refractivity contribution in [3.8, 4) is 11.5 Å². The second kappa shape index (κ2) is 7.81. The van der Waals surface area contributed by atoms with Crippen LogP contribution in [-0.2, 0) is 6.54 Å². The molecule has 0 aliphatic rings. The van der Waals surface area contributed by atoms with E-state index in [1.165, 1.54) is 0 Å². The smallest absolute Gasteiger partial charge is 0.131 e. The van der Waals surface area contributed by atoms with Gasteiger partial charge >= 0.3 is 0 Å². The number of ether oxygens (including phenoxy) is 1. The first-order valence-corrected chi connectivity index (χ1v) is 8.20. The van der Waals surface area contributed by atoms with E-state index < -0.39 is 0 Å². The Morgan fingerprint density at radius 3 is 2.40 bits per heavy atom. The van der Waals surface area contributed by atoms with Crippen LogP contribution in [0.3, 0.4) is 0 Å². The van der Waals surface area contributed by atoms with E-state index in [0.29, 0.717) is 0 Å². The molecule has 0 aliphatic heterocycles. The maximum atomic E-state index is 5.97. The minimum Gasteiger partial charge on any atom is -0.457 e. The first-order valence-electron chi connectivity index (χ1n) is 6.61. The molecule has 2 aromatic carbocycles. The fraction of sp³-hybridized carbons (Fsp3) is 0.250. The van der Waals surface area contributed by atoms with Gasteiger partial charge < -0.3 is 10.1 Å². The van der Waals surface area contributed by atoms with Gasteiger partial charge in [-0.2, -0.15) is 0 Å². The highest BCUT2D eigenvalue weighted by Gasteiger charge is 2.06. The summed E-state index contributed by atoms with van der Waals surface area (Å²) >= 11 is 6.94. The predicted octanol–water partition coefficient (Wildman–Crippen LogP) is 5.50. The SMILES string of the molecule is CCCNCc1cc(Br)ccc1Oc1ccc(Br)cc1. The highest BCUT2D eigenvalue weighted by molar-refractivity contribution is 9.10. The molecule has 2 rings (SSSR count). The maximum absolute atomic E-state index is 5.97. The zero-order valence-corrected chi connectivity index (χ0v) is 14.5. The summed E-state index contributed by atoms with van der Waals surface area (Å²) in [4.78, 5) is 0. The Labute approximate surface area is 136 Å². The largest absolute Gasteiger partial charge is 0.457 e. The van der Waals surface area contributed by atoms with E-state index in [1.54, 1.807) is 0 Å². The summed E-state index contributed by atoms with van der Waals surface area (Å²) in [5.74, 6) is 1.73. The van der Waals surface area contributed by atoms with Crippen molar-refractivity contribution in [2.75, 3.05) is 6.54 Å². The molecule has 20 heavy (non-hydrogen) atoms. The molecule has 0 heterocycles. The lowest BCUT2D eigenvalue weighted by Gasteiger charge is -2.12. The van der Waals surface area contributed by atoms with Crippen LogP contribution in [0.25, 0.3) is 0 Å². The van der Waals surface area contributed by atoms with Crippen LogP contribution >= 0.6 is 31.9 Å². The second-order valence-electron chi connectivity index (χ2n) is 4.48. The van der Waals surface area contributed by atoms with Crippen LogP contribution < -0.4 is 10.1 Å². The first kappa shape index (κ1) is 15.5. The maximum Gasteiger partial charge on any atom is 0.131 e. The van der Waals surface area contributed by atoms with Crippen molar-refractivity contribution in [2.24, 2.45) is 0 Å². The zero-order chi connectivity index (χ0) is 14.4. The van der Waals surface area contributed by atoms with Crippen molar-refractivity contribution in [1.29, 1.82) is 0 Å². The third-order valence-corrected chi connectivity index (χ3v) is 3.83. The van der Waals surface area contributed by atoms with E-state index >= 15 is 0 Å². The van der Waals surface area contributed by atoms with Crippen molar-refractivity contribution in [1.82, 2.24) is 5.32 Å². The average Bonchev–Trinajstić information content (AvgIpc) is 2.44. The molecule has 0 bridgehead atoms. The molecular formula is C16H17Br2NO. The third kappa shape index (κ3) is 4.62. The topological polar surface area (TPSA) is 21.3 Å². The summed E-state index contributed by atoms with van der Waals surface area (Å²) in [5.41, 5.74) is 1.15. The van der Waals surface area contributed by atoms with Gasteiger partial charge in [-0.25, -0.2) is 0 Å². The Kier molecular flexibility index (Phi) is 6.07. The number of rotatable bonds is 6. The summed E-state index contributed by atoms with van der Waals surface area (Å²) in [6.45, 7) is 3.97. The van der Waals surface area contributed by atoms with Gasteiger partial charge in [-0.3, -0.25) is 0 Å². The molecule has 4 heteroatoms. The van der Waals surface area contributed by atoms with Crippen LogP contribution in [0.15, 0.2) is 51.4 Å². The second-order valence-corrected chi connectivity index (χ2v) is 6.32. The molecular weight excluding hydrogens is 382 g/mol. The van der Waals surface area contributed by atoms with E-state index in [0.717, 1.165) is 45.5 Å². The van der Waals surface area contributed by atoms with Crippen LogP contribution in [0.2, 0.25) is 0 Å². The van der Waals surface area contributed by atoms with Crippen LogP contribution in [0, 0.1) is 0 Å². The number of nitrogens with one attached hydrogen (secondary N) is 1. The van der Waals surface area contributed by atoms with Gasteiger partial charge in [-0.15, -0.1) is 0 Å². The highest BCUT2D eigenvalue weighted by atomic mass is 79.9. The average molecular weight is 399 g/mol. The van der Waals surface area contributed by atoms with E-state index in [4.69, 9.17) is 4.74 Å². The van der Waals surface area contributed by atoms with Crippen molar-refractivity contribution < 1.29 is 4.74 Å². The lowest BCUT2D eigenvalue weighted by atomic mass is 10.2. The van der Waals surface area contributed by atoms with Crippen LogP contribution in [0.5, 0.6) is 11.5 Å². The molecule has 0 fully saturated rings. The Hall–Kier alpha value is -0.840. The van der Waals surface area contributed by atoms with E-state index in [2.05, 4.69) is 50.2 Å². The molecule has 0 aliphatic carbocycles. The molecule has 0 unspecified atom stereocenters. The summed E-state index contributed by atoms with van der Waals surface area (Å²) in [6, 6.07) is 13.9. The van der Waals surface area contributed by atoms with Crippen molar-refractivity contribution in [2.45, 2.75) is 19.9 Å². The number of hydrogen-bond donors (Lipinski definition) is 1. The van der Waals surface area contributed by atoms with Gasteiger partial charge in [0.1, 0.15) is 11.5 Å². The molecule has 0 aromatic heterocycles. The third-order valence-electron chi connectivity index (χ3n) is 2.81. The summed E-state index contributed by atoms with van der Waals surface area (Å²) in [7, 11) is 0. The van der Waals surface area contributed by atoms with Crippen LogP contribution in [-0.4, -0.2) is 6.54 Å². The fourth-order valence-corrected chi connectivity index (χ4v) is 2.49. The van der Waals surface area contributed by atoms with Gasteiger partial charge in [0.05, 0.1) is 0 Å². The van der Waals surface area contributed by atoms with Gasteiger partial charge in [0.15, 0.2) is 0 Å². The predicted molar refractivity (Wildman–Crippen MR) is 90.4 cm³/mol. The standard InChI is InChI=1S/C16H17Br2NO/c1-2-9-19-11-12-10-14(18)5-8-16(12)20-15-6-3-13(17)4-7-15/h3-8,10,19H,2,9,11H2,1H3.